The van der Waals surface area contributed by atoms with E-state index in [0.717, 1.165) is 31.7 Å². The molecule has 1 aliphatic heterocycles. The van der Waals surface area contributed by atoms with Gasteiger partial charge in [-0.25, -0.2) is 14.1 Å². The number of rotatable bonds is 3. The highest BCUT2D eigenvalue weighted by molar-refractivity contribution is 6.32. The molecule has 4 aromatic rings. The molecule has 7 nitrogen and oxygen atoms in total. The molecule has 5 rings (SSSR count). The number of nitrogens with two attached hydrogens (primary N) is 1. The second-order valence-corrected chi connectivity index (χ2v) is 8.02. The van der Waals surface area contributed by atoms with Gasteiger partial charge in [0.1, 0.15) is 11.6 Å². The predicted octanol–water partition coefficient (Wildman–Crippen LogP) is 3.61. The van der Waals surface area contributed by atoms with Crippen LogP contribution >= 0.6 is 11.6 Å². The van der Waals surface area contributed by atoms with Crippen molar-refractivity contribution >= 4 is 34.4 Å². The van der Waals surface area contributed by atoms with Crippen molar-refractivity contribution in [2.24, 2.45) is 0 Å². The third-order valence-corrected chi connectivity index (χ3v) is 5.86. The van der Waals surface area contributed by atoms with Crippen molar-refractivity contribution in [3.05, 3.63) is 59.4 Å². The SMILES string of the molecule is CN1CCN(c2nc(-c3ccc(F)cc3)c3c(N)n(-c4ccccc4Cl)nc3n2)CC1. The molecule has 9 heteroatoms. The second kappa shape index (κ2) is 7.79. The van der Waals surface area contributed by atoms with E-state index in [9.17, 15) is 4.39 Å². The van der Waals surface area contributed by atoms with Crippen LogP contribution in [0.25, 0.3) is 28.0 Å². The Kier molecular flexibility index (Phi) is 4.95. The zero-order valence-electron chi connectivity index (χ0n) is 17.0. The quantitative estimate of drug-likeness (QED) is 0.527. The van der Waals surface area contributed by atoms with Crippen LogP contribution in [0.5, 0.6) is 0 Å². The monoisotopic (exact) mass is 437 g/mol. The van der Waals surface area contributed by atoms with E-state index in [4.69, 9.17) is 27.3 Å². The van der Waals surface area contributed by atoms with E-state index in [2.05, 4.69) is 21.9 Å². The molecule has 0 radical (unpaired) electrons. The van der Waals surface area contributed by atoms with Gasteiger partial charge >= 0.3 is 0 Å². The Morgan fingerprint density at radius 1 is 0.968 bits per heavy atom. The maximum absolute atomic E-state index is 13.6. The third kappa shape index (κ3) is 3.58. The Bertz CT molecular complexity index is 1250. The van der Waals surface area contributed by atoms with E-state index in [1.54, 1.807) is 22.9 Å². The van der Waals surface area contributed by atoms with Crippen LogP contribution in [-0.2, 0) is 0 Å². The van der Waals surface area contributed by atoms with Crippen LogP contribution in [0.15, 0.2) is 48.5 Å². The highest BCUT2D eigenvalue weighted by atomic mass is 35.5. The van der Waals surface area contributed by atoms with Crippen molar-refractivity contribution in [2.75, 3.05) is 43.9 Å². The molecule has 158 valence electrons. The average molecular weight is 438 g/mol. The number of para-hydroxylation sites is 1. The molecule has 0 bridgehead atoms. The number of hydrogen-bond donors (Lipinski definition) is 1. The number of nitrogens with zero attached hydrogens (tertiary/aromatic N) is 6. The van der Waals surface area contributed by atoms with Crippen molar-refractivity contribution in [2.45, 2.75) is 0 Å². The van der Waals surface area contributed by atoms with Crippen LogP contribution in [0.2, 0.25) is 5.02 Å². The fourth-order valence-corrected chi connectivity index (χ4v) is 3.99. The van der Waals surface area contributed by atoms with Gasteiger partial charge in [0.2, 0.25) is 5.95 Å². The first kappa shape index (κ1) is 19.7. The Labute approximate surface area is 183 Å². The fraction of sp³-hybridized carbons (Fsp3) is 0.227. The lowest BCUT2D eigenvalue weighted by Gasteiger charge is -2.32. The van der Waals surface area contributed by atoms with Crippen LogP contribution < -0.4 is 10.6 Å². The molecule has 1 fully saturated rings. The van der Waals surface area contributed by atoms with E-state index in [-0.39, 0.29) is 5.82 Å². The summed E-state index contributed by atoms with van der Waals surface area (Å²) in [6, 6.07) is 13.5. The zero-order valence-corrected chi connectivity index (χ0v) is 17.7. The summed E-state index contributed by atoms with van der Waals surface area (Å²) in [6.07, 6.45) is 0. The van der Waals surface area contributed by atoms with Crippen LogP contribution in [-0.4, -0.2) is 57.9 Å². The molecule has 2 N–H and O–H groups in total. The van der Waals surface area contributed by atoms with Gasteiger partial charge in [0.05, 0.1) is 21.8 Å². The van der Waals surface area contributed by atoms with Gasteiger partial charge in [0.15, 0.2) is 5.65 Å². The van der Waals surface area contributed by atoms with E-state index >= 15 is 0 Å². The minimum Gasteiger partial charge on any atom is -0.383 e. The first-order valence-electron chi connectivity index (χ1n) is 10.0. The first-order valence-corrected chi connectivity index (χ1v) is 10.4. The zero-order chi connectivity index (χ0) is 21.5. The number of hydrogen-bond acceptors (Lipinski definition) is 6. The summed E-state index contributed by atoms with van der Waals surface area (Å²) in [5, 5.41) is 5.80. The first-order chi connectivity index (χ1) is 15.0. The summed E-state index contributed by atoms with van der Waals surface area (Å²) in [6.45, 7) is 3.46. The number of fused-ring (bicyclic) bond motifs is 1. The summed E-state index contributed by atoms with van der Waals surface area (Å²) in [5.41, 5.74) is 9.02. The number of aromatic nitrogens is 4. The average Bonchev–Trinajstić information content (AvgIpc) is 3.11. The lowest BCUT2D eigenvalue weighted by Crippen LogP contribution is -2.45. The van der Waals surface area contributed by atoms with Crippen molar-refractivity contribution in [1.82, 2.24) is 24.6 Å². The molecular weight excluding hydrogens is 417 g/mol. The van der Waals surface area contributed by atoms with Gasteiger partial charge < -0.3 is 15.5 Å². The highest BCUT2D eigenvalue weighted by Crippen LogP contribution is 2.34. The Morgan fingerprint density at radius 2 is 1.68 bits per heavy atom. The van der Waals surface area contributed by atoms with Gasteiger partial charge in [-0.2, -0.15) is 4.98 Å². The summed E-state index contributed by atoms with van der Waals surface area (Å²) >= 11 is 6.39. The van der Waals surface area contributed by atoms with Gasteiger partial charge in [-0.05, 0) is 43.4 Å². The van der Waals surface area contributed by atoms with E-state index in [0.29, 0.717) is 39.2 Å². The number of piperazine rings is 1. The minimum atomic E-state index is -0.312. The molecule has 2 aromatic heterocycles. The molecule has 0 atom stereocenters. The Balaban J connectivity index is 1.73. The summed E-state index contributed by atoms with van der Waals surface area (Å²) in [5.74, 6) is 0.657. The molecule has 0 spiro atoms. The summed E-state index contributed by atoms with van der Waals surface area (Å²) in [4.78, 5) is 14.0. The van der Waals surface area contributed by atoms with Crippen LogP contribution in [0.1, 0.15) is 0 Å². The van der Waals surface area contributed by atoms with Gasteiger partial charge in [-0.3, -0.25) is 0 Å². The smallest absolute Gasteiger partial charge is 0.228 e. The maximum Gasteiger partial charge on any atom is 0.228 e. The maximum atomic E-state index is 13.6. The third-order valence-electron chi connectivity index (χ3n) is 5.54. The number of nitrogen functional groups attached to an aromatic ring is 1. The molecule has 2 aromatic carbocycles. The van der Waals surface area contributed by atoms with Crippen molar-refractivity contribution < 1.29 is 4.39 Å². The molecule has 1 saturated heterocycles. The molecule has 0 unspecified atom stereocenters. The number of benzene rings is 2. The van der Waals surface area contributed by atoms with Gasteiger partial charge in [-0.1, -0.05) is 23.7 Å². The molecule has 31 heavy (non-hydrogen) atoms. The highest BCUT2D eigenvalue weighted by Gasteiger charge is 2.23. The van der Waals surface area contributed by atoms with Crippen molar-refractivity contribution in [1.29, 1.82) is 0 Å². The molecule has 3 heterocycles. The minimum absolute atomic E-state index is 0.312. The van der Waals surface area contributed by atoms with Gasteiger partial charge in [-0.15, -0.1) is 5.10 Å². The topological polar surface area (TPSA) is 76.1 Å². The molecular formula is C22H21ClFN7. The molecule has 0 saturated carbocycles. The number of halogens is 2. The molecule has 0 aliphatic carbocycles. The summed E-state index contributed by atoms with van der Waals surface area (Å²) in [7, 11) is 2.09. The van der Waals surface area contributed by atoms with Gasteiger partial charge in [0.25, 0.3) is 0 Å². The van der Waals surface area contributed by atoms with E-state index in [1.807, 2.05) is 18.2 Å². The van der Waals surface area contributed by atoms with Crippen molar-refractivity contribution in [3.8, 4) is 16.9 Å². The number of likely N-dealkylation sites (N-methyl/N-ethyl adjacent to an activating group) is 1. The largest absolute Gasteiger partial charge is 0.383 e. The standard InChI is InChI=1S/C22H21ClFN7/c1-29-10-12-30(13-11-29)22-26-19(14-6-8-15(24)9-7-14)18-20(25)31(28-21(18)27-22)17-5-3-2-4-16(17)23/h2-9H,10-13,25H2,1H3. The normalized spacial score (nSPS) is 15.0. The lowest BCUT2D eigenvalue weighted by molar-refractivity contribution is 0.311. The second-order valence-electron chi connectivity index (χ2n) is 7.62. The predicted molar refractivity (Wildman–Crippen MR) is 121 cm³/mol. The summed E-state index contributed by atoms with van der Waals surface area (Å²) < 4.78 is 15.2. The van der Waals surface area contributed by atoms with E-state index in [1.165, 1.54) is 12.1 Å². The molecule has 0 amide bonds. The Hall–Kier alpha value is -3.23. The van der Waals surface area contributed by atoms with Crippen LogP contribution in [0, 0.1) is 5.82 Å². The fourth-order valence-electron chi connectivity index (χ4n) is 3.77. The molecule has 1 aliphatic rings. The van der Waals surface area contributed by atoms with Crippen molar-refractivity contribution in [3.63, 3.8) is 0 Å². The Morgan fingerprint density at radius 3 is 2.39 bits per heavy atom. The van der Waals surface area contributed by atoms with E-state index < -0.39 is 0 Å². The van der Waals surface area contributed by atoms with Gasteiger partial charge in [0, 0.05) is 31.7 Å². The van der Waals surface area contributed by atoms with Crippen LogP contribution in [0.3, 0.4) is 0 Å². The van der Waals surface area contributed by atoms with Crippen LogP contribution in [0.4, 0.5) is 16.2 Å². The number of anilines is 2. The lowest BCUT2D eigenvalue weighted by atomic mass is 10.1.